The first-order valence-corrected chi connectivity index (χ1v) is 16.3. The van der Waals surface area contributed by atoms with Crippen molar-refractivity contribution < 1.29 is 39.2 Å². The van der Waals surface area contributed by atoms with Crippen LogP contribution in [0.1, 0.15) is 73.6 Å². The number of carbonyl (C=O) groups is 4. The van der Waals surface area contributed by atoms with Gasteiger partial charge in [0.1, 0.15) is 11.9 Å². The second-order valence-corrected chi connectivity index (χ2v) is 13.8. The number of nitrogens with zero attached hydrogens (tertiary/aromatic N) is 1. The Morgan fingerprint density at radius 2 is 1.69 bits per heavy atom. The topological polar surface area (TPSA) is 141 Å². The number of hydrogen-bond donors (Lipinski definition) is 3. The molecule has 0 saturated heterocycles. The Morgan fingerprint density at radius 3 is 2.21 bits per heavy atom. The molecule has 8 atom stereocenters. The standard InChI is InChI=1S/C28H47NO4S.C4H4O4/c1-8-26(6)17-22(33-23(31)18-34-16-15-29(9-2)10-3)27(7)19(4)11-13-28(20(5)25(26)32)14-12-21(30)24(27)28;5-3(6)1-2-4(7)8/h8,19-20,22,24-25,32H,1,9-18H2,2-7H3;1-2H,(H,5,6)(H,7,8)/b;2-1+/t19?,20-,22+,24-,25-,26+,27-,28-;/m0./s1. The second kappa shape index (κ2) is 15.0. The minimum absolute atomic E-state index is 0.00828. The molecule has 0 aromatic rings. The normalized spacial score (nSPS) is 35.9. The number of aliphatic hydroxyl groups is 1. The molecular weight excluding hydrogens is 558 g/mol. The Bertz CT molecular complexity index is 1010. The van der Waals surface area contributed by atoms with Gasteiger partial charge in [0.15, 0.2) is 0 Å². The molecule has 0 heterocycles. The van der Waals surface area contributed by atoms with Crippen LogP contribution in [0.4, 0.5) is 0 Å². The second-order valence-electron chi connectivity index (χ2n) is 12.7. The third kappa shape index (κ3) is 7.66. The van der Waals surface area contributed by atoms with E-state index in [9.17, 15) is 24.3 Å². The predicted molar refractivity (Wildman–Crippen MR) is 164 cm³/mol. The zero-order valence-electron chi connectivity index (χ0n) is 26.1. The molecule has 10 heteroatoms. The van der Waals surface area contributed by atoms with Gasteiger partial charge in [-0.15, -0.1) is 18.3 Å². The highest BCUT2D eigenvalue weighted by Gasteiger charge is 2.68. The number of rotatable bonds is 11. The Kier molecular flexibility index (Phi) is 12.9. The molecule has 0 amide bonds. The lowest BCUT2D eigenvalue weighted by molar-refractivity contribution is -0.205. The molecule has 3 rings (SSSR count). The van der Waals surface area contributed by atoms with Gasteiger partial charge in [-0.2, -0.15) is 0 Å². The maximum atomic E-state index is 13.4. The van der Waals surface area contributed by atoms with Gasteiger partial charge in [-0.1, -0.05) is 47.6 Å². The van der Waals surface area contributed by atoms with Crippen molar-refractivity contribution in [3.8, 4) is 0 Å². The van der Waals surface area contributed by atoms with Gasteiger partial charge in [-0.3, -0.25) is 9.59 Å². The smallest absolute Gasteiger partial charge is 0.328 e. The predicted octanol–water partition coefficient (Wildman–Crippen LogP) is 4.68. The number of carboxylic acid groups (broad SMARTS) is 2. The molecule has 42 heavy (non-hydrogen) atoms. The summed E-state index contributed by atoms with van der Waals surface area (Å²) in [5.41, 5.74) is -1.25. The largest absolute Gasteiger partial charge is 0.478 e. The molecule has 0 aliphatic heterocycles. The first kappa shape index (κ1) is 36.0. The van der Waals surface area contributed by atoms with E-state index in [-0.39, 0.29) is 29.1 Å². The van der Waals surface area contributed by atoms with Crippen LogP contribution in [-0.4, -0.2) is 87.3 Å². The van der Waals surface area contributed by atoms with E-state index in [0.717, 1.165) is 44.6 Å². The summed E-state index contributed by atoms with van der Waals surface area (Å²) in [6.45, 7) is 20.0. The third-order valence-corrected chi connectivity index (χ3v) is 11.5. The van der Waals surface area contributed by atoms with Gasteiger partial charge in [0.25, 0.3) is 0 Å². The molecule has 3 aliphatic rings. The highest BCUT2D eigenvalue weighted by atomic mass is 32.2. The van der Waals surface area contributed by atoms with Crippen molar-refractivity contribution in [1.82, 2.24) is 4.90 Å². The molecule has 3 saturated carbocycles. The zero-order chi connectivity index (χ0) is 31.9. The average molecular weight is 610 g/mol. The SMILES string of the molecule is C=C[C@]1(C)C[C@@H](OC(=O)CSCCN(CC)CC)[C@]2(C)C(C)CC[C@]3(CCC(=O)[C@H]32)[C@@H](C)[C@@H]1O.O=C(O)/C=C/C(=O)O. The van der Waals surface area contributed by atoms with E-state index >= 15 is 0 Å². The maximum Gasteiger partial charge on any atom is 0.328 e. The number of hydrogen-bond acceptors (Lipinski definition) is 8. The third-order valence-electron chi connectivity index (χ3n) is 10.6. The van der Waals surface area contributed by atoms with Crippen LogP contribution in [0, 0.1) is 34.0 Å². The molecule has 2 bridgehead atoms. The van der Waals surface area contributed by atoms with Crippen molar-refractivity contribution in [3.63, 3.8) is 0 Å². The van der Waals surface area contributed by atoms with Gasteiger partial charge >= 0.3 is 17.9 Å². The van der Waals surface area contributed by atoms with Gasteiger partial charge in [0, 0.05) is 47.6 Å². The Hall–Kier alpha value is -2.17. The quantitative estimate of drug-likeness (QED) is 0.131. The minimum Gasteiger partial charge on any atom is -0.478 e. The summed E-state index contributed by atoms with van der Waals surface area (Å²) in [7, 11) is 0. The fourth-order valence-corrected chi connectivity index (χ4v) is 8.49. The molecule has 238 valence electrons. The van der Waals surface area contributed by atoms with Crippen molar-refractivity contribution in [1.29, 1.82) is 0 Å². The van der Waals surface area contributed by atoms with Crippen molar-refractivity contribution in [2.24, 2.45) is 34.0 Å². The van der Waals surface area contributed by atoms with Crippen molar-refractivity contribution >= 4 is 35.5 Å². The van der Waals surface area contributed by atoms with Crippen LogP contribution in [0.5, 0.6) is 0 Å². The molecule has 0 aromatic carbocycles. The highest BCUT2D eigenvalue weighted by Crippen LogP contribution is 2.68. The van der Waals surface area contributed by atoms with Crippen LogP contribution in [0.3, 0.4) is 0 Å². The number of ketones is 1. The number of carbonyl (C=O) groups excluding carboxylic acids is 2. The summed E-state index contributed by atoms with van der Waals surface area (Å²) in [5.74, 6) is -1.14. The van der Waals surface area contributed by atoms with E-state index in [0.29, 0.717) is 36.5 Å². The molecule has 3 fully saturated rings. The van der Waals surface area contributed by atoms with Crippen molar-refractivity contribution in [2.75, 3.05) is 31.1 Å². The highest BCUT2D eigenvalue weighted by molar-refractivity contribution is 7.99. The Balaban J connectivity index is 0.000000675. The van der Waals surface area contributed by atoms with Gasteiger partial charge in [-0.25, -0.2) is 9.59 Å². The number of ether oxygens (including phenoxy) is 1. The molecule has 3 aliphatic carbocycles. The number of esters is 1. The average Bonchev–Trinajstić information content (AvgIpc) is 3.30. The Labute approximate surface area is 255 Å². The van der Waals surface area contributed by atoms with E-state index in [4.69, 9.17) is 14.9 Å². The molecule has 3 N–H and O–H groups in total. The summed E-state index contributed by atoms with van der Waals surface area (Å²) in [5, 5.41) is 27.2. The van der Waals surface area contributed by atoms with Crippen molar-refractivity contribution in [2.45, 2.75) is 85.9 Å². The minimum atomic E-state index is -1.26. The van der Waals surface area contributed by atoms with Crippen LogP contribution in [0.25, 0.3) is 0 Å². The van der Waals surface area contributed by atoms with Crippen LogP contribution in [-0.2, 0) is 23.9 Å². The van der Waals surface area contributed by atoms with Crippen LogP contribution >= 0.6 is 11.8 Å². The maximum absolute atomic E-state index is 13.4. The Morgan fingerprint density at radius 1 is 1.10 bits per heavy atom. The van der Waals surface area contributed by atoms with E-state index < -0.39 is 35.0 Å². The number of Topliss-reactive ketones (excluding diaryl/α,β-unsaturated/α-hetero) is 1. The van der Waals surface area contributed by atoms with Gasteiger partial charge in [-0.05, 0) is 56.0 Å². The van der Waals surface area contributed by atoms with Gasteiger partial charge in [0.2, 0.25) is 0 Å². The molecule has 0 aromatic heterocycles. The number of thioether (sulfide) groups is 1. The number of carboxylic acids is 2. The lowest BCUT2D eigenvalue weighted by atomic mass is 9.44. The van der Waals surface area contributed by atoms with Gasteiger partial charge in [0.05, 0.1) is 11.9 Å². The fraction of sp³-hybridized carbons (Fsp3) is 0.750. The summed E-state index contributed by atoms with van der Waals surface area (Å²) < 4.78 is 6.30. The van der Waals surface area contributed by atoms with Crippen LogP contribution < -0.4 is 0 Å². The van der Waals surface area contributed by atoms with Crippen molar-refractivity contribution in [3.05, 3.63) is 24.8 Å². The molecule has 0 radical (unpaired) electrons. The summed E-state index contributed by atoms with van der Waals surface area (Å²) in [4.78, 5) is 48.0. The molecule has 0 spiro atoms. The number of aliphatic hydroxyl groups excluding tert-OH is 1. The van der Waals surface area contributed by atoms with Gasteiger partial charge < -0.3 is 25.0 Å². The van der Waals surface area contributed by atoms with E-state index in [1.54, 1.807) is 11.8 Å². The first-order valence-electron chi connectivity index (χ1n) is 15.1. The first-order chi connectivity index (χ1) is 19.6. The summed E-state index contributed by atoms with van der Waals surface area (Å²) >= 11 is 1.61. The summed E-state index contributed by atoms with van der Waals surface area (Å²) in [6, 6.07) is 0. The molecular formula is C32H51NO8S. The van der Waals surface area contributed by atoms with E-state index in [2.05, 4.69) is 46.1 Å². The lowest BCUT2D eigenvalue weighted by Gasteiger charge is -2.61. The number of aliphatic carboxylic acids is 2. The lowest BCUT2D eigenvalue weighted by Crippen LogP contribution is -2.63. The molecule has 9 nitrogen and oxygen atoms in total. The zero-order valence-corrected chi connectivity index (χ0v) is 27.0. The monoisotopic (exact) mass is 609 g/mol. The van der Waals surface area contributed by atoms with Crippen LogP contribution in [0.2, 0.25) is 0 Å². The van der Waals surface area contributed by atoms with E-state index in [1.807, 2.05) is 13.0 Å². The molecule has 1 unspecified atom stereocenters. The fourth-order valence-electron chi connectivity index (χ4n) is 7.73. The summed E-state index contributed by atoms with van der Waals surface area (Å²) in [6.07, 6.45) is 5.76. The van der Waals surface area contributed by atoms with E-state index in [1.165, 1.54) is 0 Å². The van der Waals surface area contributed by atoms with Crippen LogP contribution in [0.15, 0.2) is 24.8 Å².